The van der Waals surface area contributed by atoms with E-state index >= 15 is 0 Å². The molecule has 0 saturated heterocycles. The second-order valence-electron chi connectivity index (χ2n) is 4.03. The predicted octanol–water partition coefficient (Wildman–Crippen LogP) is 2.38. The van der Waals surface area contributed by atoms with Gasteiger partial charge in [-0.2, -0.15) is 0 Å². The van der Waals surface area contributed by atoms with Crippen LogP contribution in [-0.4, -0.2) is 26.8 Å². The van der Waals surface area contributed by atoms with Crippen LogP contribution in [0.25, 0.3) is 0 Å². The number of hydrogen-bond donors (Lipinski definition) is 1. The minimum atomic E-state index is 0.0264. The first-order valence-electron chi connectivity index (χ1n) is 5.58. The summed E-state index contributed by atoms with van der Waals surface area (Å²) in [6, 6.07) is 8.41. The highest BCUT2D eigenvalue weighted by molar-refractivity contribution is 5.35. The maximum absolute atomic E-state index is 5.49. The van der Waals surface area contributed by atoms with E-state index in [1.54, 1.807) is 14.2 Å². The smallest absolute Gasteiger partial charge is 0.124 e. The molecule has 0 aliphatic heterocycles. The van der Waals surface area contributed by atoms with Gasteiger partial charge in [0.25, 0.3) is 0 Å². The van der Waals surface area contributed by atoms with Gasteiger partial charge >= 0.3 is 0 Å². The van der Waals surface area contributed by atoms with E-state index in [-0.39, 0.29) is 6.10 Å². The first-order chi connectivity index (χ1) is 7.69. The van der Waals surface area contributed by atoms with E-state index in [1.165, 1.54) is 0 Å². The summed E-state index contributed by atoms with van der Waals surface area (Å²) in [4.78, 5) is 0. The van der Waals surface area contributed by atoms with Crippen molar-refractivity contribution in [1.82, 2.24) is 5.32 Å². The molecule has 0 spiro atoms. The van der Waals surface area contributed by atoms with Gasteiger partial charge in [-0.3, -0.25) is 0 Å². The molecule has 1 aromatic carbocycles. The van der Waals surface area contributed by atoms with Gasteiger partial charge in [-0.25, -0.2) is 0 Å². The number of methoxy groups -OCH3 is 2. The van der Waals surface area contributed by atoms with Crippen molar-refractivity contribution in [3.63, 3.8) is 0 Å². The number of rotatable bonds is 6. The molecule has 0 fully saturated rings. The van der Waals surface area contributed by atoms with E-state index in [2.05, 4.69) is 19.2 Å². The predicted molar refractivity (Wildman–Crippen MR) is 65.9 cm³/mol. The zero-order valence-electron chi connectivity index (χ0n) is 10.5. The summed E-state index contributed by atoms with van der Waals surface area (Å²) >= 11 is 0. The van der Waals surface area contributed by atoms with E-state index in [4.69, 9.17) is 9.47 Å². The number of nitrogens with one attached hydrogen (secondary N) is 1. The van der Waals surface area contributed by atoms with Gasteiger partial charge in [0, 0.05) is 25.3 Å². The summed E-state index contributed by atoms with van der Waals surface area (Å²) < 4.78 is 10.8. The van der Waals surface area contributed by atoms with Crippen molar-refractivity contribution in [2.75, 3.05) is 20.8 Å². The lowest BCUT2D eigenvalue weighted by atomic mass is 10.1. The van der Waals surface area contributed by atoms with Crippen molar-refractivity contribution in [1.29, 1.82) is 0 Å². The number of para-hydroxylation sites is 1. The van der Waals surface area contributed by atoms with Crippen LogP contribution in [-0.2, 0) is 4.74 Å². The lowest BCUT2D eigenvalue weighted by Crippen LogP contribution is -2.28. The first-order valence-corrected chi connectivity index (χ1v) is 5.58. The van der Waals surface area contributed by atoms with Gasteiger partial charge in [0.2, 0.25) is 0 Å². The molecule has 1 N–H and O–H groups in total. The minimum absolute atomic E-state index is 0.0264. The maximum atomic E-state index is 5.49. The minimum Gasteiger partial charge on any atom is -0.496 e. The average molecular weight is 223 g/mol. The third-order valence-electron chi connectivity index (χ3n) is 2.48. The van der Waals surface area contributed by atoms with E-state index in [0.29, 0.717) is 6.04 Å². The molecule has 3 nitrogen and oxygen atoms in total. The molecular formula is C13H21NO2. The largest absolute Gasteiger partial charge is 0.496 e. The molecule has 0 aliphatic rings. The van der Waals surface area contributed by atoms with Crippen molar-refractivity contribution in [3.8, 4) is 5.75 Å². The normalized spacial score (nSPS) is 12.8. The molecule has 90 valence electrons. The van der Waals surface area contributed by atoms with Gasteiger partial charge < -0.3 is 14.8 Å². The molecule has 0 heterocycles. The Hall–Kier alpha value is -1.06. The second kappa shape index (κ2) is 6.51. The molecule has 0 saturated carbocycles. The van der Waals surface area contributed by atoms with Gasteiger partial charge in [0.1, 0.15) is 5.75 Å². The van der Waals surface area contributed by atoms with Crippen LogP contribution in [0.2, 0.25) is 0 Å². The van der Waals surface area contributed by atoms with Crippen LogP contribution in [0.4, 0.5) is 0 Å². The van der Waals surface area contributed by atoms with Crippen LogP contribution in [0.1, 0.15) is 25.5 Å². The Labute approximate surface area is 97.8 Å². The Morgan fingerprint density at radius 1 is 1.19 bits per heavy atom. The number of benzene rings is 1. The van der Waals surface area contributed by atoms with Gasteiger partial charge in [0.05, 0.1) is 13.2 Å². The lowest BCUT2D eigenvalue weighted by molar-refractivity contribution is 0.0981. The van der Waals surface area contributed by atoms with Gasteiger partial charge in [-0.05, 0) is 6.07 Å². The quantitative estimate of drug-likeness (QED) is 0.803. The Bertz CT molecular complexity index is 313. The van der Waals surface area contributed by atoms with Crippen LogP contribution >= 0.6 is 0 Å². The van der Waals surface area contributed by atoms with Crippen LogP contribution in [0.5, 0.6) is 5.75 Å². The molecule has 16 heavy (non-hydrogen) atoms. The Morgan fingerprint density at radius 2 is 1.88 bits per heavy atom. The SMILES string of the molecule is COc1ccccc1C(CNC(C)C)OC. The van der Waals surface area contributed by atoms with Crippen LogP contribution in [0.3, 0.4) is 0 Å². The molecule has 0 aliphatic carbocycles. The molecule has 0 aromatic heterocycles. The summed E-state index contributed by atoms with van der Waals surface area (Å²) in [7, 11) is 3.40. The van der Waals surface area contributed by atoms with Crippen LogP contribution in [0, 0.1) is 0 Å². The third-order valence-corrected chi connectivity index (χ3v) is 2.48. The summed E-state index contributed by atoms with van der Waals surface area (Å²) in [6.45, 7) is 5.03. The van der Waals surface area contributed by atoms with Gasteiger partial charge in [-0.15, -0.1) is 0 Å². The third kappa shape index (κ3) is 3.51. The van der Waals surface area contributed by atoms with E-state index in [9.17, 15) is 0 Å². The maximum Gasteiger partial charge on any atom is 0.124 e. The molecule has 0 radical (unpaired) electrons. The van der Waals surface area contributed by atoms with Crippen LogP contribution < -0.4 is 10.1 Å². The highest BCUT2D eigenvalue weighted by Gasteiger charge is 2.14. The van der Waals surface area contributed by atoms with Crippen molar-refractivity contribution in [2.45, 2.75) is 26.0 Å². The Morgan fingerprint density at radius 3 is 2.44 bits per heavy atom. The summed E-state index contributed by atoms with van der Waals surface area (Å²) in [5.74, 6) is 0.875. The van der Waals surface area contributed by atoms with Crippen molar-refractivity contribution in [3.05, 3.63) is 29.8 Å². The fraction of sp³-hybridized carbons (Fsp3) is 0.538. The summed E-state index contributed by atoms with van der Waals surface area (Å²) in [5, 5.41) is 3.37. The highest BCUT2D eigenvalue weighted by Crippen LogP contribution is 2.26. The van der Waals surface area contributed by atoms with E-state index in [1.807, 2.05) is 24.3 Å². The first kappa shape index (κ1) is 13.0. The molecule has 0 amide bonds. The Balaban J connectivity index is 2.77. The molecule has 1 aromatic rings. The Kier molecular flexibility index (Phi) is 5.29. The average Bonchev–Trinajstić information content (AvgIpc) is 2.30. The van der Waals surface area contributed by atoms with Gasteiger partial charge in [-0.1, -0.05) is 32.0 Å². The zero-order valence-corrected chi connectivity index (χ0v) is 10.5. The molecule has 3 heteroatoms. The second-order valence-corrected chi connectivity index (χ2v) is 4.03. The van der Waals surface area contributed by atoms with Crippen LogP contribution in [0.15, 0.2) is 24.3 Å². The fourth-order valence-electron chi connectivity index (χ4n) is 1.60. The molecule has 0 bridgehead atoms. The van der Waals surface area contributed by atoms with E-state index in [0.717, 1.165) is 17.9 Å². The number of hydrogen-bond acceptors (Lipinski definition) is 3. The summed E-state index contributed by atoms with van der Waals surface area (Å²) in [6.07, 6.45) is 0.0264. The topological polar surface area (TPSA) is 30.5 Å². The number of ether oxygens (including phenoxy) is 2. The van der Waals surface area contributed by atoms with Crippen molar-refractivity contribution in [2.24, 2.45) is 0 Å². The van der Waals surface area contributed by atoms with Crippen molar-refractivity contribution < 1.29 is 9.47 Å². The standard InChI is InChI=1S/C13H21NO2/c1-10(2)14-9-13(16-4)11-7-5-6-8-12(11)15-3/h5-8,10,13-14H,9H2,1-4H3. The molecular weight excluding hydrogens is 202 g/mol. The lowest BCUT2D eigenvalue weighted by Gasteiger charge is -2.20. The van der Waals surface area contributed by atoms with Gasteiger partial charge in [0.15, 0.2) is 0 Å². The molecule has 1 unspecified atom stereocenters. The van der Waals surface area contributed by atoms with Crippen molar-refractivity contribution >= 4 is 0 Å². The van der Waals surface area contributed by atoms with E-state index < -0.39 is 0 Å². The zero-order chi connectivity index (χ0) is 12.0. The monoisotopic (exact) mass is 223 g/mol. The molecule has 1 rings (SSSR count). The highest BCUT2D eigenvalue weighted by atomic mass is 16.5. The summed E-state index contributed by atoms with van der Waals surface area (Å²) in [5.41, 5.74) is 1.08. The fourth-order valence-corrected chi connectivity index (χ4v) is 1.60. The molecule has 1 atom stereocenters.